The Labute approximate surface area is 162 Å². The molecule has 4 rings (SSSR count). The second-order valence-corrected chi connectivity index (χ2v) is 7.82. The van der Waals surface area contributed by atoms with Gasteiger partial charge in [-0.2, -0.15) is 4.98 Å². The molecule has 4 nitrogen and oxygen atoms in total. The van der Waals surface area contributed by atoms with Crippen LogP contribution in [0.2, 0.25) is 5.28 Å². The molecule has 3 aromatic rings. The lowest BCUT2D eigenvalue weighted by Gasteiger charge is -2.28. The van der Waals surface area contributed by atoms with Gasteiger partial charge in [0, 0.05) is 23.5 Å². The zero-order valence-electron chi connectivity index (χ0n) is 15.1. The first-order chi connectivity index (χ1) is 12.7. The van der Waals surface area contributed by atoms with E-state index in [0.29, 0.717) is 18.5 Å². The Kier molecular flexibility index (Phi) is 5.11. The number of halogens is 1. The van der Waals surface area contributed by atoms with Crippen molar-refractivity contribution in [2.24, 2.45) is 0 Å². The van der Waals surface area contributed by atoms with Gasteiger partial charge in [0.25, 0.3) is 0 Å². The van der Waals surface area contributed by atoms with Crippen LogP contribution in [0.4, 0.5) is 5.82 Å². The summed E-state index contributed by atoms with van der Waals surface area (Å²) in [6.45, 7) is 7.46. The van der Waals surface area contributed by atoms with Crippen molar-refractivity contribution < 1.29 is 4.74 Å². The van der Waals surface area contributed by atoms with Crippen LogP contribution >= 0.6 is 22.9 Å². The first-order valence-electron chi connectivity index (χ1n) is 9.12. The molecular formula is C20H22ClN3OS. The van der Waals surface area contributed by atoms with E-state index in [1.807, 2.05) is 0 Å². The summed E-state index contributed by atoms with van der Waals surface area (Å²) < 4.78 is 5.51. The maximum atomic E-state index is 6.26. The molecule has 2 aromatic heterocycles. The third-order valence-electron chi connectivity index (χ3n) is 4.86. The smallest absolute Gasteiger partial charge is 0.225 e. The van der Waals surface area contributed by atoms with E-state index in [0.717, 1.165) is 42.0 Å². The van der Waals surface area contributed by atoms with Gasteiger partial charge in [-0.1, -0.05) is 38.1 Å². The lowest BCUT2D eigenvalue weighted by molar-refractivity contribution is 0.122. The van der Waals surface area contributed by atoms with E-state index in [9.17, 15) is 0 Å². The molecule has 3 heterocycles. The van der Waals surface area contributed by atoms with Crippen molar-refractivity contribution in [1.29, 1.82) is 0 Å². The molecule has 0 atom stereocenters. The summed E-state index contributed by atoms with van der Waals surface area (Å²) in [5.41, 5.74) is 3.83. The molecule has 0 N–H and O–H groups in total. The molecule has 0 radical (unpaired) electrons. The van der Waals surface area contributed by atoms with Crippen LogP contribution in [-0.4, -0.2) is 36.3 Å². The first kappa shape index (κ1) is 17.7. The Hall–Kier alpha value is -1.69. The molecule has 1 aromatic carbocycles. The largest absolute Gasteiger partial charge is 0.378 e. The Balaban J connectivity index is 1.94. The number of aryl methyl sites for hydroxylation is 2. The summed E-state index contributed by atoms with van der Waals surface area (Å²) in [5.74, 6) is 0.939. The Morgan fingerprint density at radius 1 is 1.08 bits per heavy atom. The number of fused-ring (bicyclic) bond motifs is 1. The Morgan fingerprint density at radius 2 is 1.81 bits per heavy atom. The van der Waals surface area contributed by atoms with Crippen molar-refractivity contribution in [2.75, 3.05) is 31.2 Å². The molecule has 1 fully saturated rings. The average molecular weight is 388 g/mol. The minimum atomic E-state index is 0.316. The second kappa shape index (κ2) is 7.51. The third-order valence-corrected chi connectivity index (χ3v) is 6.26. The molecule has 0 spiro atoms. The molecule has 0 amide bonds. The van der Waals surface area contributed by atoms with E-state index in [2.05, 4.69) is 53.0 Å². The van der Waals surface area contributed by atoms with Crippen LogP contribution < -0.4 is 4.90 Å². The molecule has 26 heavy (non-hydrogen) atoms. The number of aromatic nitrogens is 2. The van der Waals surface area contributed by atoms with E-state index in [4.69, 9.17) is 16.3 Å². The number of hydrogen-bond donors (Lipinski definition) is 0. The van der Waals surface area contributed by atoms with Gasteiger partial charge in [0.1, 0.15) is 10.6 Å². The number of nitrogens with zero attached hydrogens (tertiary/aromatic N) is 3. The lowest BCUT2D eigenvalue weighted by Crippen LogP contribution is -2.37. The van der Waals surface area contributed by atoms with Crippen molar-refractivity contribution in [3.8, 4) is 11.1 Å². The maximum Gasteiger partial charge on any atom is 0.225 e. The van der Waals surface area contributed by atoms with E-state index >= 15 is 0 Å². The standard InChI is InChI=1S/C20H22ClN3OS/c1-3-13-5-7-14(8-6-13)16-15(4-2)26-19-17(16)18(22-20(21)23-19)24-9-11-25-12-10-24/h5-8H,3-4,9-12H2,1-2H3. The fourth-order valence-corrected chi connectivity index (χ4v) is 4.81. The van der Waals surface area contributed by atoms with E-state index < -0.39 is 0 Å². The predicted molar refractivity (Wildman–Crippen MR) is 110 cm³/mol. The molecular weight excluding hydrogens is 366 g/mol. The van der Waals surface area contributed by atoms with Crippen molar-refractivity contribution in [1.82, 2.24) is 9.97 Å². The van der Waals surface area contributed by atoms with Gasteiger partial charge in [0.05, 0.1) is 18.6 Å². The maximum absolute atomic E-state index is 6.26. The van der Waals surface area contributed by atoms with Gasteiger partial charge in [0.15, 0.2) is 0 Å². The highest BCUT2D eigenvalue weighted by Gasteiger charge is 2.23. The summed E-state index contributed by atoms with van der Waals surface area (Å²) in [6.07, 6.45) is 2.01. The number of benzene rings is 1. The van der Waals surface area contributed by atoms with Crippen LogP contribution in [-0.2, 0) is 17.6 Å². The number of thiophene rings is 1. The second-order valence-electron chi connectivity index (χ2n) is 6.40. The van der Waals surface area contributed by atoms with Crippen LogP contribution in [0, 0.1) is 0 Å². The van der Waals surface area contributed by atoms with Gasteiger partial charge in [-0.05, 0) is 35.6 Å². The van der Waals surface area contributed by atoms with Gasteiger partial charge < -0.3 is 9.64 Å². The summed E-state index contributed by atoms with van der Waals surface area (Å²) >= 11 is 7.99. The zero-order valence-corrected chi connectivity index (χ0v) is 16.7. The Morgan fingerprint density at radius 3 is 2.46 bits per heavy atom. The molecule has 1 aliphatic heterocycles. The third kappa shape index (κ3) is 3.20. The Bertz CT molecular complexity index is 917. The van der Waals surface area contributed by atoms with Gasteiger partial charge >= 0.3 is 0 Å². The fourth-order valence-electron chi connectivity index (χ4n) is 3.47. The topological polar surface area (TPSA) is 38.2 Å². The van der Waals surface area contributed by atoms with Gasteiger partial charge in [-0.15, -0.1) is 11.3 Å². The molecule has 0 saturated carbocycles. The molecule has 0 unspecified atom stereocenters. The predicted octanol–water partition coefficient (Wildman–Crippen LogP) is 4.97. The highest BCUT2D eigenvalue weighted by Crippen LogP contribution is 2.43. The van der Waals surface area contributed by atoms with Crippen LogP contribution in [0.1, 0.15) is 24.3 Å². The summed E-state index contributed by atoms with van der Waals surface area (Å²) in [4.78, 5) is 13.7. The molecule has 1 saturated heterocycles. The summed E-state index contributed by atoms with van der Waals surface area (Å²) in [7, 11) is 0. The first-order valence-corrected chi connectivity index (χ1v) is 10.3. The molecule has 6 heteroatoms. The normalized spacial score (nSPS) is 15.0. The number of anilines is 1. The number of ether oxygens (including phenoxy) is 1. The van der Waals surface area contributed by atoms with Crippen molar-refractivity contribution in [2.45, 2.75) is 26.7 Å². The highest BCUT2D eigenvalue weighted by molar-refractivity contribution is 7.19. The average Bonchev–Trinajstić information content (AvgIpc) is 3.06. The molecule has 136 valence electrons. The monoisotopic (exact) mass is 387 g/mol. The van der Waals surface area contributed by atoms with Crippen molar-refractivity contribution in [3.63, 3.8) is 0 Å². The van der Waals surface area contributed by atoms with Crippen LogP contribution in [0.15, 0.2) is 24.3 Å². The summed E-state index contributed by atoms with van der Waals surface area (Å²) in [5, 5.41) is 1.44. The molecule has 1 aliphatic rings. The van der Waals surface area contributed by atoms with Crippen molar-refractivity contribution in [3.05, 3.63) is 40.0 Å². The van der Waals surface area contributed by atoms with Crippen molar-refractivity contribution >= 4 is 39.0 Å². The quantitative estimate of drug-likeness (QED) is 0.592. The van der Waals surface area contributed by atoms with Gasteiger partial charge in [0.2, 0.25) is 5.28 Å². The molecule has 0 bridgehead atoms. The van der Waals surface area contributed by atoms with Crippen LogP contribution in [0.3, 0.4) is 0 Å². The minimum Gasteiger partial charge on any atom is -0.378 e. The minimum absolute atomic E-state index is 0.316. The number of hydrogen-bond acceptors (Lipinski definition) is 5. The van der Waals surface area contributed by atoms with E-state index in [1.165, 1.54) is 21.6 Å². The zero-order chi connectivity index (χ0) is 18.1. The van der Waals surface area contributed by atoms with Gasteiger partial charge in [-0.25, -0.2) is 4.98 Å². The number of rotatable bonds is 4. The fraction of sp³-hybridized carbons (Fsp3) is 0.400. The summed E-state index contributed by atoms with van der Waals surface area (Å²) in [6, 6.07) is 8.86. The van der Waals surface area contributed by atoms with E-state index in [1.54, 1.807) is 11.3 Å². The van der Waals surface area contributed by atoms with E-state index in [-0.39, 0.29) is 0 Å². The van der Waals surface area contributed by atoms with Gasteiger partial charge in [-0.3, -0.25) is 0 Å². The van der Waals surface area contributed by atoms with Crippen LogP contribution in [0.25, 0.3) is 21.3 Å². The lowest BCUT2D eigenvalue weighted by atomic mass is 10.00. The highest BCUT2D eigenvalue weighted by atomic mass is 35.5. The SMILES string of the molecule is CCc1ccc(-c2c(CC)sc3nc(Cl)nc(N4CCOCC4)c23)cc1. The number of morpholine rings is 1. The molecule has 0 aliphatic carbocycles. The van der Waals surface area contributed by atoms with Crippen LogP contribution in [0.5, 0.6) is 0 Å².